The molecule has 5 heteroatoms. The van der Waals surface area contributed by atoms with Crippen LogP contribution in [0.5, 0.6) is 0 Å². The van der Waals surface area contributed by atoms with E-state index in [0.29, 0.717) is 37.0 Å². The minimum absolute atomic E-state index is 0.0738. The number of halogens is 2. The summed E-state index contributed by atoms with van der Waals surface area (Å²) in [5.41, 5.74) is 1.04. The van der Waals surface area contributed by atoms with E-state index < -0.39 is 0 Å². The van der Waals surface area contributed by atoms with E-state index in [4.69, 9.17) is 27.9 Å². The Morgan fingerprint density at radius 3 is 2.78 bits per heavy atom. The Kier molecular flexibility index (Phi) is 4.87. The predicted octanol–water partition coefficient (Wildman–Crippen LogP) is 2.87. The molecule has 0 radical (unpaired) electrons. The van der Waals surface area contributed by atoms with Crippen LogP contribution in [0.15, 0.2) is 24.3 Å². The molecule has 0 aliphatic carbocycles. The summed E-state index contributed by atoms with van der Waals surface area (Å²) < 4.78 is 5.69. The van der Waals surface area contributed by atoms with E-state index in [2.05, 4.69) is 0 Å². The molecule has 1 amide bonds. The summed E-state index contributed by atoms with van der Waals surface area (Å²) in [6, 6.07) is 7.53. The number of hydrogen-bond acceptors (Lipinski definition) is 2. The van der Waals surface area contributed by atoms with Gasteiger partial charge in [0.15, 0.2) is 0 Å². The van der Waals surface area contributed by atoms with E-state index in [9.17, 15) is 4.79 Å². The van der Waals surface area contributed by atoms with E-state index in [1.807, 2.05) is 29.2 Å². The molecule has 0 N–H and O–H groups in total. The molecule has 0 saturated carbocycles. The number of alkyl halides is 1. The van der Waals surface area contributed by atoms with Gasteiger partial charge < -0.3 is 9.64 Å². The highest BCUT2D eigenvalue weighted by Crippen LogP contribution is 2.24. The van der Waals surface area contributed by atoms with Gasteiger partial charge in [-0.15, -0.1) is 11.6 Å². The smallest absolute Gasteiger partial charge is 0.223 e. The van der Waals surface area contributed by atoms with E-state index in [-0.39, 0.29) is 12.0 Å². The van der Waals surface area contributed by atoms with Crippen molar-refractivity contribution in [2.75, 3.05) is 25.6 Å². The molecular weight excluding hydrogens is 273 g/mol. The lowest BCUT2D eigenvalue weighted by molar-refractivity contribution is -0.138. The van der Waals surface area contributed by atoms with Crippen LogP contribution in [0.3, 0.4) is 0 Å². The summed E-state index contributed by atoms with van der Waals surface area (Å²) in [5, 5.41) is 0.699. The van der Waals surface area contributed by atoms with E-state index in [1.54, 1.807) is 0 Å². The molecule has 98 valence electrons. The SMILES string of the molecule is O=C(CCCl)N1CCOC(c2ccc(Cl)cc2)C1. The van der Waals surface area contributed by atoms with E-state index in [0.717, 1.165) is 5.56 Å². The lowest BCUT2D eigenvalue weighted by Gasteiger charge is -2.33. The zero-order chi connectivity index (χ0) is 13.0. The first-order valence-corrected chi connectivity index (χ1v) is 6.83. The first kappa shape index (κ1) is 13.7. The van der Waals surface area contributed by atoms with Crippen LogP contribution in [-0.2, 0) is 9.53 Å². The number of nitrogens with zero attached hydrogens (tertiary/aromatic N) is 1. The van der Waals surface area contributed by atoms with Gasteiger partial charge in [-0.1, -0.05) is 23.7 Å². The first-order valence-electron chi connectivity index (χ1n) is 5.91. The summed E-state index contributed by atoms with van der Waals surface area (Å²) in [7, 11) is 0. The number of carbonyl (C=O) groups is 1. The summed E-state index contributed by atoms with van der Waals surface area (Å²) in [5.74, 6) is 0.453. The third-order valence-corrected chi connectivity index (χ3v) is 3.41. The molecule has 2 rings (SSSR count). The second-order valence-electron chi connectivity index (χ2n) is 4.19. The molecular formula is C13H15Cl2NO2. The van der Waals surface area contributed by atoms with Crippen LogP contribution in [0.25, 0.3) is 0 Å². The number of benzene rings is 1. The monoisotopic (exact) mass is 287 g/mol. The van der Waals surface area contributed by atoms with Crippen molar-refractivity contribution in [2.45, 2.75) is 12.5 Å². The fourth-order valence-electron chi connectivity index (χ4n) is 1.99. The number of morpholine rings is 1. The van der Waals surface area contributed by atoms with Crippen LogP contribution in [-0.4, -0.2) is 36.4 Å². The Balaban J connectivity index is 2.02. The minimum atomic E-state index is -0.0738. The summed E-state index contributed by atoms with van der Waals surface area (Å²) in [6.07, 6.45) is 0.310. The summed E-state index contributed by atoms with van der Waals surface area (Å²) in [6.45, 7) is 1.78. The van der Waals surface area contributed by atoms with Crippen LogP contribution in [0.2, 0.25) is 5.02 Å². The molecule has 1 aliphatic rings. The van der Waals surface area contributed by atoms with Crippen LogP contribution in [0, 0.1) is 0 Å². The molecule has 0 spiro atoms. The van der Waals surface area contributed by atoms with Crippen molar-refractivity contribution in [3.05, 3.63) is 34.9 Å². The van der Waals surface area contributed by atoms with Crippen LogP contribution in [0.4, 0.5) is 0 Å². The van der Waals surface area contributed by atoms with Gasteiger partial charge in [-0.25, -0.2) is 0 Å². The zero-order valence-corrected chi connectivity index (χ0v) is 11.5. The Bertz CT molecular complexity index is 408. The molecule has 0 bridgehead atoms. The standard InChI is InChI=1S/C13H15Cl2NO2/c14-6-5-13(17)16-7-8-18-12(9-16)10-1-3-11(15)4-2-10/h1-4,12H,5-9H2. The molecule has 1 heterocycles. The number of carbonyl (C=O) groups excluding carboxylic acids is 1. The van der Waals surface area contributed by atoms with E-state index >= 15 is 0 Å². The maximum absolute atomic E-state index is 11.8. The Labute approximate surface area is 117 Å². The van der Waals surface area contributed by atoms with Crippen molar-refractivity contribution in [1.29, 1.82) is 0 Å². The largest absolute Gasteiger partial charge is 0.370 e. The fraction of sp³-hybridized carbons (Fsp3) is 0.462. The van der Waals surface area contributed by atoms with Gasteiger partial charge in [-0.3, -0.25) is 4.79 Å². The van der Waals surface area contributed by atoms with Gasteiger partial charge in [0.2, 0.25) is 5.91 Å². The number of ether oxygens (including phenoxy) is 1. The van der Waals surface area contributed by atoms with Gasteiger partial charge >= 0.3 is 0 Å². The van der Waals surface area contributed by atoms with Crippen LogP contribution >= 0.6 is 23.2 Å². The third-order valence-electron chi connectivity index (χ3n) is 2.97. The minimum Gasteiger partial charge on any atom is -0.370 e. The number of hydrogen-bond donors (Lipinski definition) is 0. The van der Waals surface area contributed by atoms with Gasteiger partial charge in [0, 0.05) is 23.9 Å². The van der Waals surface area contributed by atoms with Crippen molar-refractivity contribution < 1.29 is 9.53 Å². The van der Waals surface area contributed by atoms with Gasteiger partial charge in [0.05, 0.1) is 13.2 Å². The molecule has 1 saturated heterocycles. The first-order chi connectivity index (χ1) is 8.70. The molecule has 1 atom stereocenters. The topological polar surface area (TPSA) is 29.5 Å². The third kappa shape index (κ3) is 3.37. The quantitative estimate of drug-likeness (QED) is 0.800. The lowest BCUT2D eigenvalue weighted by atomic mass is 10.1. The van der Waals surface area contributed by atoms with Crippen molar-refractivity contribution in [2.24, 2.45) is 0 Å². The Morgan fingerprint density at radius 2 is 2.11 bits per heavy atom. The van der Waals surface area contributed by atoms with Crippen LogP contribution < -0.4 is 0 Å². The zero-order valence-electron chi connectivity index (χ0n) is 9.94. The van der Waals surface area contributed by atoms with Crippen molar-refractivity contribution >= 4 is 29.1 Å². The van der Waals surface area contributed by atoms with E-state index in [1.165, 1.54) is 0 Å². The molecule has 0 aromatic heterocycles. The van der Waals surface area contributed by atoms with Gasteiger partial charge in [-0.05, 0) is 17.7 Å². The van der Waals surface area contributed by atoms with Gasteiger partial charge in [0.25, 0.3) is 0 Å². The summed E-state index contributed by atoms with van der Waals surface area (Å²) in [4.78, 5) is 13.6. The maximum Gasteiger partial charge on any atom is 0.223 e. The highest BCUT2D eigenvalue weighted by Gasteiger charge is 2.24. The highest BCUT2D eigenvalue weighted by atomic mass is 35.5. The van der Waals surface area contributed by atoms with Crippen molar-refractivity contribution in [3.63, 3.8) is 0 Å². The average molecular weight is 288 g/mol. The Hall–Kier alpha value is -0.770. The molecule has 1 aliphatic heterocycles. The molecule has 3 nitrogen and oxygen atoms in total. The number of rotatable bonds is 3. The molecule has 1 fully saturated rings. The predicted molar refractivity (Wildman–Crippen MR) is 72.1 cm³/mol. The normalized spacial score (nSPS) is 19.9. The van der Waals surface area contributed by atoms with Crippen molar-refractivity contribution in [1.82, 2.24) is 4.90 Å². The van der Waals surface area contributed by atoms with Gasteiger partial charge in [-0.2, -0.15) is 0 Å². The molecule has 1 unspecified atom stereocenters. The average Bonchev–Trinajstić information content (AvgIpc) is 2.40. The second-order valence-corrected chi connectivity index (χ2v) is 5.00. The van der Waals surface area contributed by atoms with Gasteiger partial charge in [0.1, 0.15) is 6.10 Å². The summed E-state index contributed by atoms with van der Waals surface area (Å²) >= 11 is 11.4. The molecule has 18 heavy (non-hydrogen) atoms. The highest BCUT2D eigenvalue weighted by molar-refractivity contribution is 6.30. The molecule has 1 aromatic carbocycles. The maximum atomic E-state index is 11.8. The van der Waals surface area contributed by atoms with Crippen LogP contribution in [0.1, 0.15) is 18.1 Å². The number of amides is 1. The second kappa shape index (κ2) is 6.41. The Morgan fingerprint density at radius 1 is 1.39 bits per heavy atom. The lowest BCUT2D eigenvalue weighted by Crippen LogP contribution is -2.42. The fourth-order valence-corrected chi connectivity index (χ4v) is 2.28. The molecule has 1 aromatic rings. The van der Waals surface area contributed by atoms with Crippen molar-refractivity contribution in [3.8, 4) is 0 Å².